The molecule has 0 aliphatic carbocycles. The lowest BCUT2D eigenvalue weighted by Gasteiger charge is -1.99. The summed E-state index contributed by atoms with van der Waals surface area (Å²) >= 11 is 5.41. The third kappa shape index (κ3) is 1.10. The third-order valence-electron chi connectivity index (χ3n) is 0.715. The predicted octanol–water partition coefficient (Wildman–Crippen LogP) is 1.22. The molecule has 1 aliphatic heterocycles. The van der Waals surface area contributed by atoms with E-state index in [2.05, 4.69) is 5.32 Å². The van der Waals surface area contributed by atoms with E-state index in [1.165, 1.54) is 0 Å². The van der Waals surface area contributed by atoms with E-state index in [0.717, 1.165) is 0 Å². The van der Waals surface area contributed by atoms with E-state index < -0.39 is 0 Å². The topological polar surface area (TPSA) is 38.0 Å². The van der Waals surface area contributed by atoms with Crippen LogP contribution in [0, 0.1) is 5.41 Å². The Hall–Kier alpha value is -0.760. The zero-order chi connectivity index (χ0) is 5.98. The number of allylic oxidation sites excluding steroid dienone is 2. The van der Waals surface area contributed by atoms with Crippen LogP contribution in [0.2, 0.25) is 0 Å². The first-order chi connectivity index (χ1) is 3.79. The monoisotopic (exact) mass is 127 g/mol. The zero-order valence-corrected chi connectivity index (χ0v) is 4.81. The smallest absolute Gasteiger partial charge is 0.146 e. The lowest BCUT2D eigenvalue weighted by atomic mass is 10.4. The fraction of sp³-hybridized carbons (Fsp3) is 0. The second-order valence-corrected chi connectivity index (χ2v) is 1.73. The summed E-state index contributed by atoms with van der Waals surface area (Å²) in [5.74, 6) is 0.206. The van der Waals surface area contributed by atoms with Crippen LogP contribution in [0.1, 0.15) is 0 Å². The van der Waals surface area contributed by atoms with Crippen LogP contribution in [-0.4, -0.2) is 5.84 Å². The molecule has 41 valence electrons. The van der Waals surface area contributed by atoms with Crippen LogP contribution < -0.4 is 5.32 Å². The Balaban J connectivity index is 2.73. The second-order valence-electron chi connectivity index (χ2n) is 1.35. The maximum atomic E-state index is 6.94. The molecule has 1 aliphatic rings. The van der Waals surface area contributed by atoms with Crippen molar-refractivity contribution in [3.8, 4) is 0 Å². The molecule has 2 nitrogen and oxygen atoms in total. The summed E-state index contributed by atoms with van der Waals surface area (Å²) in [6.07, 6.45) is 4.91. The van der Waals surface area contributed by atoms with Crippen LogP contribution in [0.3, 0.4) is 0 Å². The molecular formula is C5H4ClN2. The van der Waals surface area contributed by atoms with Gasteiger partial charge < -0.3 is 0 Å². The van der Waals surface area contributed by atoms with Gasteiger partial charge in [-0.1, -0.05) is 17.7 Å². The van der Waals surface area contributed by atoms with Crippen molar-refractivity contribution in [2.24, 2.45) is 0 Å². The largest absolute Gasteiger partial charge is 0.283 e. The highest BCUT2D eigenvalue weighted by atomic mass is 35.5. The number of nitrogens with zero attached hydrogens (tertiary/aromatic N) is 1. The molecule has 0 aromatic rings. The van der Waals surface area contributed by atoms with Crippen LogP contribution >= 0.6 is 11.6 Å². The molecule has 0 spiro atoms. The molecule has 1 rings (SSSR count). The molecule has 3 heteroatoms. The van der Waals surface area contributed by atoms with Gasteiger partial charge in [-0.15, -0.1) is 0 Å². The summed E-state index contributed by atoms with van der Waals surface area (Å²) in [4.78, 5) is 0. The van der Waals surface area contributed by atoms with Gasteiger partial charge >= 0.3 is 0 Å². The van der Waals surface area contributed by atoms with Gasteiger partial charge in [-0.3, -0.25) is 5.41 Å². The minimum Gasteiger partial charge on any atom is -0.283 e. The molecule has 0 aromatic carbocycles. The summed E-state index contributed by atoms with van der Waals surface area (Å²) in [6.45, 7) is 0. The van der Waals surface area contributed by atoms with Crippen molar-refractivity contribution in [3.05, 3.63) is 23.4 Å². The molecule has 0 saturated heterocycles. The van der Waals surface area contributed by atoms with E-state index in [0.29, 0.717) is 5.16 Å². The van der Waals surface area contributed by atoms with E-state index in [1.54, 1.807) is 18.2 Å². The molecule has 0 fully saturated rings. The Bertz CT molecular complexity index is 169. The van der Waals surface area contributed by atoms with E-state index in [4.69, 9.17) is 17.0 Å². The van der Waals surface area contributed by atoms with Crippen LogP contribution in [0.25, 0.3) is 0 Å². The summed E-state index contributed by atoms with van der Waals surface area (Å²) in [5.41, 5.74) is 0. The normalized spacial score (nSPS) is 17.6. The molecule has 0 aromatic heterocycles. The van der Waals surface area contributed by atoms with Crippen molar-refractivity contribution in [2.45, 2.75) is 0 Å². The SMILES string of the molecule is N=C1C=CC=C(Cl)[N]1. The first-order valence-corrected chi connectivity index (χ1v) is 2.51. The average Bonchev–Trinajstić information content (AvgIpc) is 1.64. The molecule has 8 heavy (non-hydrogen) atoms. The quantitative estimate of drug-likeness (QED) is 0.475. The predicted molar refractivity (Wildman–Crippen MR) is 32.9 cm³/mol. The van der Waals surface area contributed by atoms with Crippen LogP contribution in [0.5, 0.6) is 0 Å². The van der Waals surface area contributed by atoms with Gasteiger partial charge in [-0.25, -0.2) is 5.32 Å². The minimum atomic E-state index is 0.206. The van der Waals surface area contributed by atoms with E-state index in [9.17, 15) is 0 Å². The Morgan fingerprint density at radius 3 is 2.75 bits per heavy atom. The van der Waals surface area contributed by atoms with Gasteiger partial charge in [0, 0.05) is 0 Å². The molecule has 0 atom stereocenters. The van der Waals surface area contributed by atoms with Gasteiger partial charge in [-0.05, 0) is 12.2 Å². The fourth-order valence-electron chi connectivity index (χ4n) is 0.408. The number of halogens is 1. The van der Waals surface area contributed by atoms with E-state index in [1.807, 2.05) is 0 Å². The summed E-state index contributed by atoms with van der Waals surface area (Å²) < 4.78 is 0. The zero-order valence-electron chi connectivity index (χ0n) is 4.06. The second kappa shape index (κ2) is 2.01. The summed E-state index contributed by atoms with van der Waals surface area (Å²) in [5, 5.41) is 10.9. The number of rotatable bonds is 0. The van der Waals surface area contributed by atoms with Crippen molar-refractivity contribution in [3.63, 3.8) is 0 Å². The van der Waals surface area contributed by atoms with Gasteiger partial charge in [0.15, 0.2) is 0 Å². The van der Waals surface area contributed by atoms with Gasteiger partial charge in [0.1, 0.15) is 11.0 Å². The van der Waals surface area contributed by atoms with Crippen molar-refractivity contribution in [1.82, 2.24) is 5.32 Å². The first kappa shape index (κ1) is 5.38. The Morgan fingerprint density at radius 2 is 2.38 bits per heavy atom. The molecule has 1 N–H and O–H groups in total. The lowest BCUT2D eigenvalue weighted by Crippen LogP contribution is -2.10. The minimum absolute atomic E-state index is 0.206. The molecule has 0 amide bonds. The van der Waals surface area contributed by atoms with Crippen LogP contribution in [0.4, 0.5) is 0 Å². The Kier molecular flexibility index (Phi) is 1.35. The van der Waals surface area contributed by atoms with Crippen molar-refractivity contribution in [2.75, 3.05) is 0 Å². The fourth-order valence-corrected chi connectivity index (χ4v) is 0.572. The number of hydrogen-bond donors (Lipinski definition) is 1. The highest BCUT2D eigenvalue weighted by Crippen LogP contribution is 2.02. The average molecular weight is 128 g/mol. The lowest BCUT2D eigenvalue weighted by molar-refractivity contribution is 1.17. The molecular weight excluding hydrogens is 124 g/mol. The number of hydrogen-bond acceptors (Lipinski definition) is 1. The van der Waals surface area contributed by atoms with E-state index >= 15 is 0 Å². The summed E-state index contributed by atoms with van der Waals surface area (Å²) in [7, 11) is 0. The third-order valence-corrected chi connectivity index (χ3v) is 0.926. The van der Waals surface area contributed by atoms with Gasteiger partial charge in [0.2, 0.25) is 0 Å². The van der Waals surface area contributed by atoms with Gasteiger partial charge in [-0.2, -0.15) is 0 Å². The van der Waals surface area contributed by atoms with Crippen molar-refractivity contribution >= 4 is 17.4 Å². The van der Waals surface area contributed by atoms with Crippen molar-refractivity contribution in [1.29, 1.82) is 5.41 Å². The molecule has 0 bridgehead atoms. The standard InChI is InChI=1S/C5H4ClN2/c6-4-2-1-3-5(7)8-4/h1-3,7H. The summed E-state index contributed by atoms with van der Waals surface area (Å²) in [6, 6.07) is 0. The van der Waals surface area contributed by atoms with E-state index in [-0.39, 0.29) is 5.84 Å². The molecule has 1 radical (unpaired) electrons. The maximum Gasteiger partial charge on any atom is 0.146 e. The van der Waals surface area contributed by atoms with Gasteiger partial charge in [0.25, 0.3) is 0 Å². The van der Waals surface area contributed by atoms with Crippen molar-refractivity contribution < 1.29 is 0 Å². The van der Waals surface area contributed by atoms with Gasteiger partial charge in [0.05, 0.1) is 0 Å². The first-order valence-electron chi connectivity index (χ1n) is 2.13. The maximum absolute atomic E-state index is 6.94. The molecule has 0 unspecified atom stereocenters. The highest BCUT2D eigenvalue weighted by molar-refractivity contribution is 6.31. The highest BCUT2D eigenvalue weighted by Gasteiger charge is 1.98. The molecule has 1 heterocycles. The van der Waals surface area contributed by atoms with Crippen LogP contribution in [0.15, 0.2) is 23.4 Å². The molecule has 0 saturated carbocycles. The Morgan fingerprint density at radius 1 is 1.62 bits per heavy atom. The number of amidine groups is 1. The number of nitrogens with one attached hydrogen (secondary N) is 1. The Labute approximate surface area is 52.4 Å². The van der Waals surface area contributed by atoms with Crippen LogP contribution in [-0.2, 0) is 0 Å².